The van der Waals surface area contributed by atoms with Gasteiger partial charge in [-0.05, 0) is 44.9 Å². The van der Waals surface area contributed by atoms with Gasteiger partial charge in [0.15, 0.2) is 5.78 Å². The normalized spacial score (nSPS) is 13.2. The minimum absolute atomic E-state index is 0.137. The third-order valence-corrected chi connectivity index (χ3v) is 4.65. The van der Waals surface area contributed by atoms with Crippen LogP contribution in [0.5, 0.6) is 17.2 Å². The highest BCUT2D eigenvalue weighted by atomic mass is 16.3. The third-order valence-electron chi connectivity index (χ3n) is 4.65. The minimum Gasteiger partial charge on any atom is -0.508 e. The van der Waals surface area contributed by atoms with E-state index in [1.54, 1.807) is 0 Å². The zero-order chi connectivity index (χ0) is 22.9. The van der Waals surface area contributed by atoms with E-state index >= 15 is 0 Å². The van der Waals surface area contributed by atoms with Crippen LogP contribution in [0.2, 0.25) is 0 Å². The molecule has 1 rings (SSSR count). The van der Waals surface area contributed by atoms with Crippen molar-refractivity contribution in [3.05, 3.63) is 66.3 Å². The van der Waals surface area contributed by atoms with Gasteiger partial charge in [-0.3, -0.25) is 4.79 Å². The number of aromatic hydroxyl groups is 3. The number of Topliss-reactive ketones (excluding diaryl/α,β-unsaturated/α-hetero) is 1. The average molecular weight is 429 g/mol. The Morgan fingerprint density at radius 3 is 1.94 bits per heavy atom. The summed E-state index contributed by atoms with van der Waals surface area (Å²) in [5, 5.41) is 38.3. The first-order valence-corrected chi connectivity index (χ1v) is 11.0. The first kappa shape index (κ1) is 26.2. The molecule has 31 heavy (non-hydrogen) atoms. The lowest BCUT2D eigenvalue weighted by atomic mass is 10.0. The van der Waals surface area contributed by atoms with Crippen LogP contribution >= 0.6 is 0 Å². The summed E-state index contributed by atoms with van der Waals surface area (Å²) in [6.45, 7) is 2.07. The van der Waals surface area contributed by atoms with Gasteiger partial charge in [0.2, 0.25) is 0 Å². The van der Waals surface area contributed by atoms with Crippen LogP contribution < -0.4 is 0 Å². The van der Waals surface area contributed by atoms with Gasteiger partial charge in [0.25, 0.3) is 0 Å². The number of hydrogen-bond acceptors (Lipinski definition) is 5. The first-order chi connectivity index (χ1) is 15.0. The Morgan fingerprint density at radius 1 is 0.871 bits per heavy atom. The van der Waals surface area contributed by atoms with Crippen molar-refractivity contribution in [3.63, 3.8) is 0 Å². The number of aliphatic hydroxyl groups excluding tert-OH is 1. The fourth-order valence-electron chi connectivity index (χ4n) is 3.02. The van der Waals surface area contributed by atoms with Crippen LogP contribution in [0.1, 0.15) is 75.1 Å². The molecule has 0 saturated heterocycles. The minimum atomic E-state index is -0.404. The van der Waals surface area contributed by atoms with Gasteiger partial charge in [0.05, 0.1) is 6.10 Å². The summed E-state index contributed by atoms with van der Waals surface area (Å²) in [4.78, 5) is 12.1. The molecular formula is C26H36O5. The molecule has 0 aliphatic rings. The van der Waals surface area contributed by atoms with Gasteiger partial charge < -0.3 is 20.4 Å². The molecule has 0 heterocycles. The summed E-state index contributed by atoms with van der Waals surface area (Å²) in [7, 11) is 0. The van der Waals surface area contributed by atoms with Gasteiger partial charge in [-0.15, -0.1) is 0 Å². The average Bonchev–Trinajstić information content (AvgIpc) is 2.70. The lowest BCUT2D eigenvalue weighted by molar-refractivity contribution is 0.0975. The Bertz CT molecular complexity index is 751. The maximum Gasteiger partial charge on any atom is 0.170 e. The van der Waals surface area contributed by atoms with Crippen LogP contribution in [-0.4, -0.2) is 32.3 Å². The summed E-state index contributed by atoms with van der Waals surface area (Å²) in [6.07, 6.45) is 23.1. The second-order valence-corrected chi connectivity index (χ2v) is 7.45. The van der Waals surface area contributed by atoms with E-state index in [2.05, 4.69) is 37.3 Å². The second-order valence-electron chi connectivity index (χ2n) is 7.45. The summed E-state index contributed by atoms with van der Waals surface area (Å²) in [5.41, 5.74) is -0.137. The van der Waals surface area contributed by atoms with E-state index in [0.717, 1.165) is 57.1 Å². The van der Waals surface area contributed by atoms with Crippen LogP contribution in [-0.2, 0) is 0 Å². The standard InChI is InChI=1S/C26H36O5/c1-2-16-21(27)17-14-12-10-8-6-4-3-5-7-9-11-13-15-18-23(29)26-24(30)19-22(28)20-25(26)31/h3,5-6,8-9,11-12,14,19-21,27-28,30-31H,2,4,7,10,13,15-18H2,1H3. The fourth-order valence-corrected chi connectivity index (χ4v) is 3.02. The molecule has 170 valence electrons. The molecule has 0 saturated carbocycles. The highest BCUT2D eigenvalue weighted by Crippen LogP contribution is 2.33. The Kier molecular flexibility index (Phi) is 13.5. The second kappa shape index (κ2) is 16.0. The van der Waals surface area contributed by atoms with E-state index in [9.17, 15) is 25.2 Å². The number of hydrogen-bond donors (Lipinski definition) is 4. The number of carbonyl (C=O) groups excluding carboxylic acids is 1. The van der Waals surface area contributed by atoms with Gasteiger partial charge in [-0.2, -0.15) is 0 Å². The number of ketones is 1. The highest BCUT2D eigenvalue weighted by molar-refractivity contribution is 6.01. The number of allylic oxidation sites excluding steroid dienone is 7. The molecule has 0 aromatic heterocycles. The summed E-state index contributed by atoms with van der Waals surface area (Å²) in [6, 6.07) is 2.09. The molecule has 5 heteroatoms. The number of unbranched alkanes of at least 4 members (excludes halogenated alkanes) is 1. The van der Waals surface area contributed by atoms with Crippen molar-refractivity contribution in [2.75, 3.05) is 0 Å². The van der Waals surface area contributed by atoms with Gasteiger partial charge in [-0.1, -0.05) is 62.0 Å². The van der Waals surface area contributed by atoms with E-state index in [4.69, 9.17) is 0 Å². The quantitative estimate of drug-likeness (QED) is 0.154. The third kappa shape index (κ3) is 11.8. The zero-order valence-electron chi connectivity index (χ0n) is 18.4. The number of rotatable bonds is 15. The van der Waals surface area contributed by atoms with Crippen molar-refractivity contribution in [3.8, 4) is 17.2 Å². The maximum absolute atomic E-state index is 12.1. The molecule has 0 spiro atoms. The van der Waals surface area contributed by atoms with E-state index in [1.165, 1.54) is 0 Å². The zero-order valence-corrected chi connectivity index (χ0v) is 18.4. The van der Waals surface area contributed by atoms with Gasteiger partial charge in [-0.25, -0.2) is 0 Å². The van der Waals surface area contributed by atoms with Crippen molar-refractivity contribution in [1.82, 2.24) is 0 Å². The Balaban J connectivity index is 2.13. The first-order valence-electron chi connectivity index (χ1n) is 11.0. The van der Waals surface area contributed by atoms with Crippen molar-refractivity contribution in [1.29, 1.82) is 0 Å². The van der Waals surface area contributed by atoms with E-state index < -0.39 is 11.5 Å². The summed E-state index contributed by atoms with van der Waals surface area (Å²) >= 11 is 0. The highest BCUT2D eigenvalue weighted by Gasteiger charge is 2.16. The summed E-state index contributed by atoms with van der Waals surface area (Å²) < 4.78 is 0. The van der Waals surface area contributed by atoms with Crippen LogP contribution in [0, 0.1) is 0 Å². The molecule has 0 aliphatic heterocycles. The molecule has 0 bridgehead atoms. The van der Waals surface area contributed by atoms with Gasteiger partial charge in [0.1, 0.15) is 22.8 Å². The fraction of sp³-hybridized carbons (Fsp3) is 0.423. The molecule has 1 unspecified atom stereocenters. The van der Waals surface area contributed by atoms with E-state index in [-0.39, 0.29) is 29.6 Å². The monoisotopic (exact) mass is 428 g/mol. The lowest BCUT2D eigenvalue weighted by Crippen LogP contribution is -2.02. The van der Waals surface area contributed by atoms with Crippen LogP contribution in [0.4, 0.5) is 0 Å². The smallest absolute Gasteiger partial charge is 0.170 e. The number of aliphatic hydroxyl groups is 1. The van der Waals surface area contributed by atoms with Gasteiger partial charge in [0, 0.05) is 18.6 Å². The molecule has 0 amide bonds. The Morgan fingerprint density at radius 2 is 1.39 bits per heavy atom. The SMILES string of the molecule is CCCC(O)CC=CCC=CCC=CCC=CCCCC(=O)c1c(O)cc(O)cc1O. The molecule has 1 aromatic rings. The molecule has 5 nitrogen and oxygen atoms in total. The maximum atomic E-state index is 12.1. The van der Waals surface area contributed by atoms with Crippen LogP contribution in [0.15, 0.2) is 60.7 Å². The molecular weight excluding hydrogens is 392 g/mol. The van der Waals surface area contributed by atoms with Crippen molar-refractivity contribution in [2.45, 2.75) is 70.8 Å². The molecule has 0 fully saturated rings. The summed E-state index contributed by atoms with van der Waals surface area (Å²) in [5.74, 6) is -1.44. The van der Waals surface area contributed by atoms with Crippen molar-refractivity contribution in [2.24, 2.45) is 0 Å². The van der Waals surface area contributed by atoms with Crippen molar-refractivity contribution < 1.29 is 25.2 Å². The number of carbonyl (C=O) groups is 1. The molecule has 4 N–H and O–H groups in total. The molecule has 0 aliphatic carbocycles. The van der Waals surface area contributed by atoms with E-state index in [1.807, 2.05) is 18.2 Å². The molecule has 0 radical (unpaired) electrons. The molecule has 1 aromatic carbocycles. The molecule has 1 atom stereocenters. The predicted octanol–water partition coefficient (Wildman–Crippen LogP) is 6.10. The number of benzene rings is 1. The van der Waals surface area contributed by atoms with Gasteiger partial charge >= 0.3 is 0 Å². The van der Waals surface area contributed by atoms with Crippen LogP contribution in [0.3, 0.4) is 0 Å². The van der Waals surface area contributed by atoms with E-state index in [0.29, 0.717) is 6.42 Å². The predicted molar refractivity (Wildman–Crippen MR) is 126 cm³/mol. The number of phenolic OH excluding ortho intramolecular Hbond substituents is 3. The Labute approximate surface area is 185 Å². The van der Waals surface area contributed by atoms with Crippen molar-refractivity contribution >= 4 is 5.78 Å². The number of phenols is 3. The lowest BCUT2D eigenvalue weighted by Gasteiger charge is -2.06. The Hall–Kier alpha value is -2.79. The van der Waals surface area contributed by atoms with Crippen LogP contribution in [0.25, 0.3) is 0 Å². The largest absolute Gasteiger partial charge is 0.508 e. The topological polar surface area (TPSA) is 98.0 Å².